The van der Waals surface area contributed by atoms with Crippen LogP contribution >= 0.6 is 12.6 Å². The van der Waals surface area contributed by atoms with Gasteiger partial charge in [0, 0.05) is 19.3 Å². The van der Waals surface area contributed by atoms with E-state index in [1.165, 1.54) is 173 Å². The van der Waals surface area contributed by atoms with Crippen LogP contribution in [0, 0.1) is 0 Å². The molecule has 58 heavy (non-hydrogen) atoms. The highest BCUT2D eigenvalue weighted by molar-refractivity contribution is 7.84. The minimum Gasteiger partial charge on any atom is -0.479 e. The number of carbonyl (C=O) groups excluding carboxylic acids is 3. The van der Waals surface area contributed by atoms with Crippen LogP contribution in [0.2, 0.25) is 0 Å². The molecule has 0 saturated carbocycles. The predicted octanol–water partition coefficient (Wildman–Crippen LogP) is 15.6. The Morgan fingerprint density at radius 1 is 0.345 bits per heavy atom. The Labute approximate surface area is 365 Å². The average Bonchev–Trinajstić information content (AvgIpc) is 3.21. The number of Topliss-reactive ketones (excluding diaryl/α,β-unsaturated/α-hetero) is 3. The van der Waals surface area contributed by atoms with E-state index in [4.69, 9.17) is 5.73 Å². The molecule has 0 fully saturated rings. The Hall–Kier alpha value is -1.21. The van der Waals surface area contributed by atoms with Crippen LogP contribution in [0.5, 0.6) is 0 Å². The lowest BCUT2D eigenvalue weighted by Gasteiger charge is -2.39. The maximum absolute atomic E-state index is 14.0. The van der Waals surface area contributed by atoms with Crippen molar-refractivity contribution in [3.63, 3.8) is 0 Å². The largest absolute Gasteiger partial charge is 0.479 e. The average molecular weight is 836 g/mol. The molecule has 0 aliphatic rings. The van der Waals surface area contributed by atoms with Gasteiger partial charge in [0.25, 0.3) is 0 Å². The highest BCUT2D eigenvalue weighted by Gasteiger charge is 2.64. The molecule has 0 radical (unpaired) electrons. The molecule has 0 aliphatic heterocycles. The van der Waals surface area contributed by atoms with Gasteiger partial charge in [-0.15, -0.1) is 0 Å². The lowest BCUT2D eigenvalue weighted by molar-refractivity contribution is -0.155. The van der Waals surface area contributed by atoms with Gasteiger partial charge >= 0.3 is 5.97 Å². The van der Waals surface area contributed by atoms with Gasteiger partial charge in [0.1, 0.15) is 0 Å². The van der Waals surface area contributed by atoms with Crippen LogP contribution in [0.4, 0.5) is 0 Å². The van der Waals surface area contributed by atoms with Gasteiger partial charge in [-0.3, -0.25) is 14.4 Å². The van der Waals surface area contributed by atoms with Crippen molar-refractivity contribution in [1.82, 2.24) is 0 Å². The zero-order valence-corrected chi connectivity index (χ0v) is 39.7. The summed E-state index contributed by atoms with van der Waals surface area (Å²) in [6.45, 7) is 6.74. The minimum atomic E-state index is -2.69. The van der Waals surface area contributed by atoms with Crippen LogP contribution in [0.15, 0.2) is 0 Å². The molecule has 0 rings (SSSR count). The summed E-state index contributed by atoms with van der Waals surface area (Å²) >= 11 is 4.62. The van der Waals surface area contributed by atoms with Gasteiger partial charge < -0.3 is 10.8 Å². The third kappa shape index (κ3) is 26.9. The van der Waals surface area contributed by atoms with Crippen LogP contribution in [0.25, 0.3) is 0 Å². The molecule has 0 amide bonds. The summed E-state index contributed by atoms with van der Waals surface area (Å²) < 4.78 is -2.37. The van der Waals surface area contributed by atoms with E-state index in [1.54, 1.807) is 0 Å². The Morgan fingerprint density at radius 3 is 0.707 bits per heavy atom. The topological polar surface area (TPSA) is 115 Å². The van der Waals surface area contributed by atoms with Crippen molar-refractivity contribution < 1.29 is 24.3 Å². The van der Waals surface area contributed by atoms with Gasteiger partial charge in [0.15, 0.2) is 22.1 Å². The Kier molecular flexibility index (Phi) is 39.1. The molecule has 0 saturated heterocycles. The summed E-state index contributed by atoms with van der Waals surface area (Å²) in [5, 5.41) is 10.5. The SMILES string of the molecule is CCCCCCCCCCCCCCCC(=O)C(N)(C(=O)O)C(S)(C(=O)CCCCCCCCCCCCCCC)C(=O)CCCCCCCCCCCCCCC. The molecule has 1 unspecified atom stereocenters. The maximum atomic E-state index is 14.0. The number of rotatable bonds is 47. The first-order chi connectivity index (χ1) is 28.1. The molecule has 0 bridgehead atoms. The van der Waals surface area contributed by atoms with Crippen molar-refractivity contribution >= 4 is 35.9 Å². The minimum absolute atomic E-state index is 0.00382. The summed E-state index contributed by atoms with van der Waals surface area (Å²) in [6.07, 6.45) is 44.9. The van der Waals surface area contributed by atoms with Crippen LogP contribution < -0.4 is 5.73 Å². The number of hydrogen-bond donors (Lipinski definition) is 3. The van der Waals surface area contributed by atoms with Crippen molar-refractivity contribution in [3.8, 4) is 0 Å². The number of nitrogens with two attached hydrogens (primary N) is 1. The molecule has 6 nitrogen and oxygen atoms in total. The fourth-order valence-corrected chi connectivity index (χ4v) is 8.98. The molecule has 1 atom stereocenters. The van der Waals surface area contributed by atoms with Gasteiger partial charge in [-0.05, 0) is 19.3 Å². The number of ketones is 3. The highest BCUT2D eigenvalue weighted by atomic mass is 32.1. The summed E-state index contributed by atoms with van der Waals surface area (Å²) in [5.41, 5.74) is 3.85. The molecule has 0 heterocycles. The summed E-state index contributed by atoms with van der Waals surface area (Å²) in [7, 11) is 0. The zero-order chi connectivity index (χ0) is 43.0. The molecule has 0 spiro atoms. The fourth-order valence-electron chi connectivity index (χ4n) is 8.54. The lowest BCUT2D eigenvalue weighted by atomic mass is 9.71. The number of unbranched alkanes of at least 4 members (excludes halogenated alkanes) is 36. The first kappa shape index (κ1) is 56.8. The number of thiol groups is 1. The molecular formula is C51H97NO5S. The van der Waals surface area contributed by atoms with Gasteiger partial charge in [-0.2, -0.15) is 12.6 Å². The number of carbonyl (C=O) groups is 4. The first-order valence-electron chi connectivity index (χ1n) is 25.5. The van der Waals surface area contributed by atoms with E-state index in [0.29, 0.717) is 19.3 Å². The number of carboxylic acids is 1. The van der Waals surface area contributed by atoms with E-state index in [2.05, 4.69) is 33.4 Å². The zero-order valence-electron chi connectivity index (χ0n) is 38.8. The highest BCUT2D eigenvalue weighted by Crippen LogP contribution is 2.36. The van der Waals surface area contributed by atoms with Crippen LogP contribution in [-0.2, 0) is 19.2 Å². The van der Waals surface area contributed by atoms with Crippen LogP contribution in [0.3, 0.4) is 0 Å². The molecule has 0 aliphatic carbocycles. The molecule has 342 valence electrons. The number of hydrogen-bond acceptors (Lipinski definition) is 6. The lowest BCUT2D eigenvalue weighted by Crippen LogP contribution is -2.73. The number of carboxylic acid groups (broad SMARTS) is 1. The van der Waals surface area contributed by atoms with E-state index in [9.17, 15) is 24.3 Å². The second kappa shape index (κ2) is 39.9. The fraction of sp³-hybridized carbons (Fsp3) is 0.922. The molecule has 0 aromatic heterocycles. The van der Waals surface area contributed by atoms with E-state index in [0.717, 1.165) is 57.8 Å². The van der Waals surface area contributed by atoms with Crippen molar-refractivity contribution in [2.45, 2.75) is 301 Å². The van der Waals surface area contributed by atoms with Gasteiger partial charge in [0.05, 0.1) is 0 Å². The monoisotopic (exact) mass is 836 g/mol. The van der Waals surface area contributed by atoms with Gasteiger partial charge in [0.2, 0.25) is 5.54 Å². The third-order valence-corrected chi connectivity index (χ3v) is 13.5. The normalized spacial score (nSPS) is 12.8. The third-order valence-electron chi connectivity index (χ3n) is 12.7. The van der Waals surface area contributed by atoms with Crippen molar-refractivity contribution in [2.75, 3.05) is 0 Å². The smallest absolute Gasteiger partial charge is 0.333 e. The Bertz CT molecular complexity index is 959. The Balaban J connectivity index is 5.08. The first-order valence-corrected chi connectivity index (χ1v) is 25.9. The summed E-state index contributed by atoms with van der Waals surface area (Å²) in [6, 6.07) is 0. The van der Waals surface area contributed by atoms with E-state index >= 15 is 0 Å². The van der Waals surface area contributed by atoms with E-state index < -0.39 is 33.6 Å². The molecule has 0 aromatic rings. The number of aliphatic carboxylic acids is 1. The van der Waals surface area contributed by atoms with Crippen LogP contribution in [0.1, 0.15) is 290 Å². The standard InChI is InChI=1S/C51H97NO5S/c1-4-7-10-13-16-19-22-25-28-31-34-37-40-43-46(53)50(52,49(56)57)51(58,47(54)44-41-38-35-32-29-26-23-20-17-14-11-8-5-2)48(55)45-42-39-36-33-30-27-24-21-18-15-12-9-6-3/h58H,4-45,52H2,1-3H3,(H,56,57). The van der Waals surface area contributed by atoms with Gasteiger partial charge in [-0.1, -0.05) is 252 Å². The van der Waals surface area contributed by atoms with E-state index in [1.807, 2.05) is 0 Å². The second-order valence-electron chi connectivity index (χ2n) is 18.1. The van der Waals surface area contributed by atoms with Crippen molar-refractivity contribution in [1.29, 1.82) is 0 Å². The quantitative estimate of drug-likeness (QED) is 0.0319. The van der Waals surface area contributed by atoms with Crippen molar-refractivity contribution in [2.24, 2.45) is 5.73 Å². The van der Waals surface area contributed by atoms with E-state index in [-0.39, 0.29) is 19.3 Å². The molecule has 7 heteroatoms. The van der Waals surface area contributed by atoms with Gasteiger partial charge in [-0.25, -0.2) is 4.79 Å². The van der Waals surface area contributed by atoms with Crippen LogP contribution in [-0.4, -0.2) is 38.7 Å². The molecular weight excluding hydrogens is 739 g/mol. The predicted molar refractivity (Wildman–Crippen MR) is 252 cm³/mol. The summed E-state index contributed by atoms with van der Waals surface area (Å²) in [4.78, 5) is 54.7. The maximum Gasteiger partial charge on any atom is 0.333 e. The Morgan fingerprint density at radius 2 is 0.517 bits per heavy atom. The van der Waals surface area contributed by atoms with Crippen molar-refractivity contribution in [3.05, 3.63) is 0 Å². The second-order valence-corrected chi connectivity index (χ2v) is 18.7. The molecule has 0 aromatic carbocycles. The summed E-state index contributed by atoms with van der Waals surface area (Å²) in [5.74, 6) is -3.60. The molecule has 3 N–H and O–H groups in total.